The monoisotopic (exact) mass is 825 g/mol. The van der Waals surface area contributed by atoms with E-state index >= 15 is 0 Å². The first-order chi connectivity index (χ1) is 28.4. The summed E-state index contributed by atoms with van der Waals surface area (Å²) in [4.78, 5) is 88.1. The van der Waals surface area contributed by atoms with Gasteiger partial charge in [-0.3, -0.25) is 54.6 Å². The molecule has 1 aliphatic carbocycles. The maximum absolute atomic E-state index is 13.4. The molecule has 7 saturated heterocycles. The van der Waals surface area contributed by atoms with E-state index in [1.807, 2.05) is 11.9 Å². The topological polar surface area (TPSA) is 222 Å². The van der Waals surface area contributed by atoms with Crippen LogP contribution in [-0.4, -0.2) is 187 Å². The first-order valence-corrected chi connectivity index (χ1v) is 22.6. The van der Waals surface area contributed by atoms with Crippen LogP contribution >= 0.6 is 0 Å². The Bertz CT molecular complexity index is 1580. The van der Waals surface area contributed by atoms with Crippen LogP contribution in [0.1, 0.15) is 77.0 Å². The molecule has 8 rings (SSSR count). The van der Waals surface area contributed by atoms with Gasteiger partial charge < -0.3 is 31.5 Å². The number of hydrogen-bond acceptors (Lipinski definition) is 13. The third kappa shape index (κ3) is 9.33. The SMILES string of the molecule is CN1CCN([C@@H]2CCCN(C(CN)NC(CC(N)=O)NC3CCC(C4CCN(CC5CN(C6CCC7C(=O)N([C@@H]8CCC(=O)NC8=O)C(=O)C7C6)C5)CC4)NC3)C2)C1=O. The van der Waals surface area contributed by atoms with Crippen molar-refractivity contribution in [3.8, 4) is 0 Å². The average Bonchev–Trinajstić information content (AvgIpc) is 3.67. The molecule has 0 radical (unpaired) electrons. The number of nitrogens with one attached hydrogen (secondary N) is 4. The largest absolute Gasteiger partial charge is 0.370 e. The highest BCUT2D eigenvalue weighted by Crippen LogP contribution is 2.42. The van der Waals surface area contributed by atoms with Gasteiger partial charge in [-0.25, -0.2) is 4.79 Å². The van der Waals surface area contributed by atoms with E-state index in [1.165, 1.54) is 17.7 Å². The molecule has 7 unspecified atom stereocenters. The van der Waals surface area contributed by atoms with E-state index in [0.29, 0.717) is 37.3 Å². The van der Waals surface area contributed by atoms with E-state index in [2.05, 4.69) is 36.0 Å². The van der Waals surface area contributed by atoms with Gasteiger partial charge in [-0.1, -0.05) is 0 Å². The van der Waals surface area contributed by atoms with Gasteiger partial charge in [-0.2, -0.15) is 0 Å². The molecule has 59 heavy (non-hydrogen) atoms. The molecule has 7 aliphatic heterocycles. The van der Waals surface area contributed by atoms with E-state index in [0.717, 1.165) is 97.6 Å². The van der Waals surface area contributed by atoms with Gasteiger partial charge in [-0.05, 0) is 95.7 Å². The zero-order valence-electron chi connectivity index (χ0n) is 34.9. The maximum Gasteiger partial charge on any atom is 0.320 e. The van der Waals surface area contributed by atoms with Crippen LogP contribution in [0.4, 0.5) is 4.79 Å². The summed E-state index contributed by atoms with van der Waals surface area (Å²) in [6.45, 7) is 9.73. The van der Waals surface area contributed by atoms with Crippen molar-refractivity contribution in [3.05, 3.63) is 0 Å². The van der Waals surface area contributed by atoms with Gasteiger partial charge in [-0.15, -0.1) is 0 Å². The summed E-state index contributed by atoms with van der Waals surface area (Å²) in [5.41, 5.74) is 12.0. The quantitative estimate of drug-likeness (QED) is 0.0843. The lowest BCUT2D eigenvalue weighted by molar-refractivity contribution is -0.151. The van der Waals surface area contributed by atoms with Gasteiger partial charge in [0.25, 0.3) is 0 Å². The number of nitrogens with two attached hydrogens (primary N) is 2. The van der Waals surface area contributed by atoms with Gasteiger partial charge in [0.2, 0.25) is 29.5 Å². The van der Waals surface area contributed by atoms with Crippen molar-refractivity contribution >= 4 is 35.6 Å². The normalized spacial score (nSPS) is 34.6. The van der Waals surface area contributed by atoms with Crippen LogP contribution in [0.15, 0.2) is 0 Å². The zero-order valence-corrected chi connectivity index (χ0v) is 34.9. The molecule has 328 valence electrons. The summed E-state index contributed by atoms with van der Waals surface area (Å²) in [6, 6.07) is 0.379. The molecule has 1 saturated carbocycles. The predicted molar refractivity (Wildman–Crippen MR) is 218 cm³/mol. The number of nitrogens with zero attached hydrogens (tertiary/aromatic N) is 6. The van der Waals surface area contributed by atoms with E-state index in [1.54, 1.807) is 4.90 Å². The Morgan fingerprint density at radius 1 is 0.864 bits per heavy atom. The second kappa shape index (κ2) is 18.4. The summed E-state index contributed by atoms with van der Waals surface area (Å²) < 4.78 is 0. The molecular formula is C41H68N12O6. The van der Waals surface area contributed by atoms with Crippen LogP contribution < -0.4 is 32.7 Å². The summed E-state index contributed by atoms with van der Waals surface area (Å²) in [6.07, 6.45) is 8.77. The van der Waals surface area contributed by atoms with Crippen molar-refractivity contribution in [2.45, 2.75) is 120 Å². The number of piperidine rings is 4. The first-order valence-electron chi connectivity index (χ1n) is 22.6. The number of hydrogen-bond donors (Lipinski definition) is 6. The van der Waals surface area contributed by atoms with Crippen molar-refractivity contribution in [1.29, 1.82) is 0 Å². The molecule has 7 heterocycles. The number of likely N-dealkylation sites (tertiary alicyclic amines) is 4. The highest BCUT2D eigenvalue weighted by Gasteiger charge is 2.55. The summed E-state index contributed by atoms with van der Waals surface area (Å²) in [5.74, 6) is -1.16. The van der Waals surface area contributed by atoms with Crippen LogP contribution in [0.5, 0.6) is 0 Å². The summed E-state index contributed by atoms with van der Waals surface area (Å²) in [5, 5.41) is 13.5. The van der Waals surface area contributed by atoms with Crippen LogP contribution in [0, 0.1) is 23.7 Å². The molecule has 8 fully saturated rings. The van der Waals surface area contributed by atoms with Gasteiger partial charge in [0, 0.05) is 90.0 Å². The number of carbonyl (C=O) groups excluding carboxylic acids is 6. The Morgan fingerprint density at radius 3 is 2.32 bits per heavy atom. The van der Waals surface area contributed by atoms with E-state index in [9.17, 15) is 28.8 Å². The number of primary amides is 1. The standard InChI is InChI=1S/C41H68N12O6/c1-48-15-16-52(41(48)59)29-3-2-12-50(24-29)36(19-42)46-35(18-34(43)54)45-27-4-7-32(44-20-27)26-10-13-49(14-11-26)21-25-22-51(23-25)28-5-6-30-31(17-28)40(58)53(39(30)57)33-8-9-37(55)47-38(33)56/h25-33,35-36,44-46H,2-24,42H2,1H3,(H2,43,54)(H,47,55,56)/t27?,28?,29-,30?,31?,32?,33-,35?,36?/m1/s1. The molecule has 0 bridgehead atoms. The fourth-order valence-corrected chi connectivity index (χ4v) is 11.8. The fourth-order valence-electron chi connectivity index (χ4n) is 11.8. The molecule has 0 spiro atoms. The highest BCUT2D eigenvalue weighted by molar-refractivity contribution is 6.10. The second-order valence-corrected chi connectivity index (χ2v) is 18.9. The summed E-state index contributed by atoms with van der Waals surface area (Å²) in [7, 11) is 1.86. The van der Waals surface area contributed by atoms with Gasteiger partial charge in [0.1, 0.15) is 6.04 Å². The van der Waals surface area contributed by atoms with Gasteiger partial charge >= 0.3 is 6.03 Å². The second-order valence-electron chi connectivity index (χ2n) is 18.9. The van der Waals surface area contributed by atoms with Gasteiger partial charge in [0.15, 0.2) is 0 Å². The smallest absolute Gasteiger partial charge is 0.320 e. The minimum Gasteiger partial charge on any atom is -0.370 e. The van der Waals surface area contributed by atoms with Crippen LogP contribution in [0.3, 0.4) is 0 Å². The maximum atomic E-state index is 13.4. The number of carbonyl (C=O) groups is 6. The molecule has 8 aliphatic rings. The molecule has 18 nitrogen and oxygen atoms in total. The molecule has 7 amide bonds. The predicted octanol–water partition coefficient (Wildman–Crippen LogP) is -1.79. The highest BCUT2D eigenvalue weighted by atomic mass is 16.2. The van der Waals surface area contributed by atoms with Crippen LogP contribution in [0.25, 0.3) is 0 Å². The molecule has 18 heteroatoms. The molecule has 0 aromatic heterocycles. The number of fused-ring (bicyclic) bond motifs is 1. The average molecular weight is 825 g/mol. The zero-order chi connectivity index (χ0) is 41.4. The Hall–Kier alpha value is -3.26. The van der Waals surface area contributed by atoms with E-state index < -0.39 is 11.9 Å². The Kier molecular flexibility index (Phi) is 13.2. The number of rotatable bonds is 14. The lowest BCUT2D eigenvalue weighted by atomic mass is 9.76. The van der Waals surface area contributed by atoms with E-state index in [4.69, 9.17) is 11.5 Å². The fraction of sp³-hybridized carbons (Fsp3) is 0.854. The molecule has 0 aromatic carbocycles. The number of likely N-dealkylation sites (N-methyl/N-ethyl adjacent to an activating group) is 1. The van der Waals surface area contributed by atoms with Crippen molar-refractivity contribution < 1.29 is 28.8 Å². The lowest BCUT2D eigenvalue weighted by Gasteiger charge is -2.49. The number of urea groups is 1. The van der Waals surface area contributed by atoms with Crippen LogP contribution in [-0.2, 0) is 24.0 Å². The number of amides is 7. The molecule has 8 N–H and O–H groups in total. The van der Waals surface area contributed by atoms with E-state index in [-0.39, 0.29) is 91.2 Å². The van der Waals surface area contributed by atoms with Crippen molar-refractivity contribution in [2.24, 2.45) is 35.1 Å². The van der Waals surface area contributed by atoms with Crippen LogP contribution in [0.2, 0.25) is 0 Å². The lowest BCUT2D eigenvalue weighted by Crippen LogP contribution is -2.64. The number of imide groups is 2. The van der Waals surface area contributed by atoms with Crippen molar-refractivity contribution in [3.63, 3.8) is 0 Å². The molecular weight excluding hydrogens is 757 g/mol. The van der Waals surface area contributed by atoms with Gasteiger partial charge in [0.05, 0.1) is 30.6 Å². The third-order valence-corrected chi connectivity index (χ3v) is 15.1. The molecule has 9 atom stereocenters. The van der Waals surface area contributed by atoms with Crippen molar-refractivity contribution in [1.82, 2.24) is 50.7 Å². The minimum absolute atomic E-state index is 0.0986. The minimum atomic E-state index is -0.861. The third-order valence-electron chi connectivity index (χ3n) is 15.1. The Morgan fingerprint density at radius 2 is 1.64 bits per heavy atom. The van der Waals surface area contributed by atoms with Crippen molar-refractivity contribution in [2.75, 3.05) is 79.0 Å². The first kappa shape index (κ1) is 42.4. The summed E-state index contributed by atoms with van der Waals surface area (Å²) >= 11 is 0. The molecule has 0 aromatic rings. The Balaban J connectivity index is 0.735. The Labute approximate surface area is 348 Å².